The third kappa shape index (κ3) is 3.36. The summed E-state index contributed by atoms with van der Waals surface area (Å²) in [4.78, 5) is 38.1. The quantitative estimate of drug-likeness (QED) is 0.755. The zero-order valence-electron chi connectivity index (χ0n) is 10.1. The number of carbonyl (C=O) groups is 1. The fourth-order valence-corrected chi connectivity index (χ4v) is 1.87. The molecule has 0 unspecified atom stereocenters. The Morgan fingerprint density at radius 1 is 1.32 bits per heavy atom. The molecule has 1 aromatic heterocycles. The van der Waals surface area contributed by atoms with Gasteiger partial charge >= 0.3 is 5.69 Å². The largest absolute Gasteiger partial charge is 0.326 e. The minimum atomic E-state index is -0.533. The van der Waals surface area contributed by atoms with Crippen LogP contribution in [0.3, 0.4) is 0 Å². The third-order valence-corrected chi connectivity index (χ3v) is 3.01. The Bertz CT molecular complexity index is 808. The van der Waals surface area contributed by atoms with Crippen LogP contribution in [0.2, 0.25) is 0 Å². The average Bonchev–Trinajstić information content (AvgIpc) is 2.35. The molecule has 19 heavy (non-hydrogen) atoms. The van der Waals surface area contributed by atoms with Crippen molar-refractivity contribution in [3.63, 3.8) is 0 Å². The monoisotopic (exact) mass is 274 g/mol. The van der Waals surface area contributed by atoms with E-state index in [1.54, 1.807) is 18.2 Å². The van der Waals surface area contributed by atoms with Gasteiger partial charge in [-0.2, -0.15) is 0 Å². The highest BCUT2D eigenvalue weighted by Gasteiger charge is 2.00. The third-order valence-electron chi connectivity index (χ3n) is 2.32. The van der Waals surface area contributed by atoms with E-state index in [0.29, 0.717) is 22.2 Å². The Morgan fingerprint density at radius 2 is 2.11 bits per heavy atom. The summed E-state index contributed by atoms with van der Waals surface area (Å²) in [5.41, 5.74) is 0.154. The van der Waals surface area contributed by atoms with Crippen molar-refractivity contribution in [1.29, 1.82) is 0 Å². The highest BCUT2D eigenvalue weighted by molar-refractivity contribution is 8.13. The lowest BCUT2D eigenvalue weighted by Gasteiger charge is -1.96. The molecular formula is C13H10N2O3S. The van der Waals surface area contributed by atoms with Crippen LogP contribution < -0.4 is 11.2 Å². The van der Waals surface area contributed by atoms with Crippen molar-refractivity contribution >= 4 is 27.8 Å². The summed E-state index contributed by atoms with van der Waals surface area (Å²) >= 11 is 1.13. The molecule has 0 amide bonds. The summed E-state index contributed by atoms with van der Waals surface area (Å²) in [6.07, 6.45) is 0. The second kappa shape index (κ2) is 5.59. The molecule has 1 aromatic carbocycles. The zero-order chi connectivity index (χ0) is 13.8. The maximum absolute atomic E-state index is 11.6. The van der Waals surface area contributed by atoms with Gasteiger partial charge in [0.05, 0.1) is 16.7 Å². The number of fused-ring (bicyclic) bond motifs is 1. The minimum Gasteiger partial charge on any atom is -0.307 e. The van der Waals surface area contributed by atoms with Crippen LogP contribution in [0.1, 0.15) is 12.5 Å². The van der Waals surface area contributed by atoms with Crippen molar-refractivity contribution in [1.82, 2.24) is 9.97 Å². The number of hydrogen-bond acceptors (Lipinski definition) is 4. The molecule has 0 aliphatic rings. The van der Waals surface area contributed by atoms with E-state index in [2.05, 4.69) is 21.8 Å². The lowest BCUT2D eigenvalue weighted by Crippen LogP contribution is -2.21. The number of benzene rings is 1. The van der Waals surface area contributed by atoms with Gasteiger partial charge in [0.15, 0.2) is 5.12 Å². The molecule has 2 aromatic rings. The highest BCUT2D eigenvalue weighted by atomic mass is 32.2. The van der Waals surface area contributed by atoms with Crippen molar-refractivity contribution in [2.45, 2.75) is 6.92 Å². The average molecular weight is 274 g/mol. The predicted molar refractivity (Wildman–Crippen MR) is 75.2 cm³/mol. The number of nitrogens with one attached hydrogen (secondary N) is 2. The first-order valence-electron chi connectivity index (χ1n) is 5.45. The summed E-state index contributed by atoms with van der Waals surface area (Å²) < 4.78 is 0. The summed E-state index contributed by atoms with van der Waals surface area (Å²) in [7, 11) is 0. The molecule has 1 heterocycles. The van der Waals surface area contributed by atoms with Crippen molar-refractivity contribution in [3.8, 4) is 11.8 Å². The molecule has 6 heteroatoms. The Morgan fingerprint density at radius 3 is 2.84 bits per heavy atom. The maximum Gasteiger partial charge on any atom is 0.326 e. The molecule has 2 rings (SSSR count). The van der Waals surface area contributed by atoms with E-state index < -0.39 is 11.2 Å². The van der Waals surface area contributed by atoms with Crippen molar-refractivity contribution < 1.29 is 4.79 Å². The van der Waals surface area contributed by atoms with Crippen LogP contribution in [0.4, 0.5) is 0 Å². The minimum absolute atomic E-state index is 0.0156. The standard InChI is InChI=1S/C13H10N2O3S/c1-8(16)19-6-2-3-9-4-5-11-10(7-9)12(17)15-13(18)14-11/h4-5,7H,6H2,1H3,(H2,14,15,17,18). The summed E-state index contributed by atoms with van der Waals surface area (Å²) in [6.45, 7) is 1.48. The van der Waals surface area contributed by atoms with Crippen LogP contribution in [0, 0.1) is 11.8 Å². The highest BCUT2D eigenvalue weighted by Crippen LogP contribution is 2.07. The summed E-state index contributed by atoms with van der Waals surface area (Å²) in [6, 6.07) is 4.95. The SMILES string of the molecule is CC(=O)SCC#Cc1ccc2[nH]c(=O)[nH]c(=O)c2c1. The Hall–Kier alpha value is -2.26. The number of hydrogen-bond donors (Lipinski definition) is 2. The molecule has 0 saturated carbocycles. The number of aromatic nitrogens is 2. The lowest BCUT2D eigenvalue weighted by molar-refractivity contribution is -0.109. The van der Waals surface area contributed by atoms with E-state index >= 15 is 0 Å². The molecule has 0 saturated heterocycles. The summed E-state index contributed by atoms with van der Waals surface area (Å²) in [5, 5.41) is 0.396. The van der Waals surface area contributed by atoms with Gasteiger partial charge in [-0.05, 0) is 18.2 Å². The Labute approximate surface area is 112 Å². The first-order valence-corrected chi connectivity index (χ1v) is 6.43. The molecule has 0 aliphatic heterocycles. The molecule has 0 atom stereocenters. The number of thioether (sulfide) groups is 1. The van der Waals surface area contributed by atoms with Crippen LogP contribution >= 0.6 is 11.8 Å². The molecule has 0 bridgehead atoms. The van der Waals surface area contributed by atoms with Gasteiger partial charge in [0.2, 0.25) is 0 Å². The van der Waals surface area contributed by atoms with Crippen molar-refractivity contribution in [2.24, 2.45) is 0 Å². The predicted octanol–water partition coefficient (Wildman–Crippen LogP) is 0.848. The molecule has 0 radical (unpaired) electrons. The van der Waals surface area contributed by atoms with Crippen molar-refractivity contribution in [3.05, 3.63) is 44.6 Å². The molecule has 0 aliphatic carbocycles. The zero-order valence-corrected chi connectivity index (χ0v) is 10.9. The van der Waals surface area contributed by atoms with Gasteiger partial charge in [0.25, 0.3) is 5.56 Å². The van der Waals surface area contributed by atoms with E-state index in [4.69, 9.17) is 0 Å². The van der Waals surface area contributed by atoms with E-state index in [9.17, 15) is 14.4 Å². The molecule has 2 N–H and O–H groups in total. The van der Waals surface area contributed by atoms with Gasteiger partial charge in [0, 0.05) is 12.5 Å². The van der Waals surface area contributed by atoms with Crippen LogP contribution in [-0.4, -0.2) is 20.8 Å². The Balaban J connectivity index is 2.34. The van der Waals surface area contributed by atoms with Gasteiger partial charge < -0.3 is 4.98 Å². The van der Waals surface area contributed by atoms with Crippen LogP contribution in [-0.2, 0) is 4.79 Å². The first kappa shape index (κ1) is 13.2. The van der Waals surface area contributed by atoms with E-state index in [-0.39, 0.29) is 5.12 Å². The molecule has 96 valence electrons. The topological polar surface area (TPSA) is 82.8 Å². The fourth-order valence-electron chi connectivity index (χ4n) is 1.52. The fraction of sp³-hybridized carbons (Fsp3) is 0.154. The van der Waals surface area contributed by atoms with E-state index in [1.807, 2.05) is 0 Å². The maximum atomic E-state index is 11.6. The van der Waals surface area contributed by atoms with Gasteiger partial charge in [-0.15, -0.1) is 0 Å². The molecular weight excluding hydrogens is 264 g/mol. The first-order chi connectivity index (χ1) is 9.06. The number of H-pyrrole nitrogens is 2. The molecule has 0 spiro atoms. The Kier molecular flexibility index (Phi) is 3.88. The summed E-state index contributed by atoms with van der Waals surface area (Å²) in [5.74, 6) is 6.11. The second-order valence-corrected chi connectivity index (χ2v) is 4.90. The normalized spacial score (nSPS) is 9.95. The van der Waals surface area contributed by atoms with Crippen LogP contribution in [0.25, 0.3) is 10.9 Å². The van der Waals surface area contributed by atoms with Gasteiger partial charge in [0.1, 0.15) is 0 Å². The number of carbonyl (C=O) groups excluding carboxylic acids is 1. The van der Waals surface area contributed by atoms with Crippen LogP contribution in [0.5, 0.6) is 0 Å². The van der Waals surface area contributed by atoms with Gasteiger partial charge in [-0.3, -0.25) is 14.6 Å². The van der Waals surface area contributed by atoms with E-state index in [0.717, 1.165) is 11.8 Å². The molecule has 0 fully saturated rings. The van der Waals surface area contributed by atoms with Crippen molar-refractivity contribution in [2.75, 3.05) is 5.75 Å². The van der Waals surface area contributed by atoms with Crippen LogP contribution in [0.15, 0.2) is 27.8 Å². The van der Waals surface area contributed by atoms with Gasteiger partial charge in [-0.25, -0.2) is 4.79 Å². The number of aromatic amines is 2. The molecule has 5 nitrogen and oxygen atoms in total. The lowest BCUT2D eigenvalue weighted by atomic mass is 10.1. The smallest absolute Gasteiger partial charge is 0.307 e. The second-order valence-electron chi connectivity index (χ2n) is 3.75. The van der Waals surface area contributed by atoms with Gasteiger partial charge in [-0.1, -0.05) is 23.6 Å². The number of rotatable bonds is 1. The van der Waals surface area contributed by atoms with E-state index in [1.165, 1.54) is 6.92 Å².